The second-order valence-electron chi connectivity index (χ2n) is 9.42. The Bertz CT molecular complexity index is 1070. The minimum absolute atomic E-state index is 0.138. The van der Waals surface area contributed by atoms with E-state index in [9.17, 15) is 14.7 Å². The van der Waals surface area contributed by atoms with Gasteiger partial charge in [0.15, 0.2) is 0 Å². The number of likely N-dealkylation sites (tertiary alicyclic amines) is 1. The topological polar surface area (TPSA) is 70.1 Å². The Balaban J connectivity index is 2.03. The van der Waals surface area contributed by atoms with Crippen LogP contribution in [0.5, 0.6) is 5.75 Å². The molecule has 1 saturated heterocycles. The molecule has 1 atom stereocenters. The number of ketones is 1. The minimum Gasteiger partial charge on any atom is -0.507 e. The highest BCUT2D eigenvalue weighted by atomic mass is 16.5. The lowest BCUT2D eigenvalue weighted by molar-refractivity contribution is -0.139. The van der Waals surface area contributed by atoms with Gasteiger partial charge in [-0.1, -0.05) is 44.5 Å². The molecule has 0 unspecified atom stereocenters. The van der Waals surface area contributed by atoms with Crippen molar-refractivity contribution in [1.29, 1.82) is 0 Å². The molecule has 3 rings (SSSR count). The quantitative estimate of drug-likeness (QED) is 0.210. The van der Waals surface area contributed by atoms with Gasteiger partial charge in [-0.15, -0.1) is 0 Å². The maximum Gasteiger partial charge on any atom is 0.295 e. The largest absolute Gasteiger partial charge is 0.507 e. The van der Waals surface area contributed by atoms with Gasteiger partial charge >= 0.3 is 0 Å². The summed E-state index contributed by atoms with van der Waals surface area (Å²) in [6.07, 6.45) is 3.64. The van der Waals surface area contributed by atoms with Crippen LogP contribution in [0.25, 0.3) is 5.76 Å². The summed E-state index contributed by atoms with van der Waals surface area (Å²) in [4.78, 5) is 30.0. The molecule has 35 heavy (non-hydrogen) atoms. The van der Waals surface area contributed by atoms with E-state index in [2.05, 4.69) is 18.7 Å². The van der Waals surface area contributed by atoms with Gasteiger partial charge in [-0.05, 0) is 81.7 Å². The molecule has 1 N–H and O–H groups in total. The second-order valence-corrected chi connectivity index (χ2v) is 9.42. The molecule has 2 aromatic carbocycles. The van der Waals surface area contributed by atoms with Crippen molar-refractivity contribution < 1.29 is 19.4 Å². The van der Waals surface area contributed by atoms with Crippen LogP contribution in [-0.2, 0) is 16.0 Å². The van der Waals surface area contributed by atoms with Crippen molar-refractivity contribution in [1.82, 2.24) is 9.80 Å². The van der Waals surface area contributed by atoms with E-state index in [-0.39, 0.29) is 11.3 Å². The van der Waals surface area contributed by atoms with Crippen molar-refractivity contribution in [3.8, 4) is 5.75 Å². The number of Topliss-reactive ketones (excluding diaryl/α,β-unsaturated/α-hetero) is 1. The lowest BCUT2D eigenvalue weighted by Crippen LogP contribution is -2.32. The molecule has 0 aromatic heterocycles. The number of nitrogens with zero attached hydrogens (tertiary/aromatic N) is 2. The fourth-order valence-electron chi connectivity index (χ4n) is 4.42. The van der Waals surface area contributed by atoms with Crippen molar-refractivity contribution in [3.05, 3.63) is 70.3 Å². The first-order valence-electron chi connectivity index (χ1n) is 12.5. The van der Waals surface area contributed by atoms with E-state index in [1.807, 2.05) is 51.4 Å². The fourth-order valence-corrected chi connectivity index (χ4v) is 4.42. The van der Waals surface area contributed by atoms with Crippen molar-refractivity contribution in [2.24, 2.45) is 0 Å². The summed E-state index contributed by atoms with van der Waals surface area (Å²) in [5.41, 5.74) is 3.47. The van der Waals surface area contributed by atoms with Crippen LogP contribution in [0.4, 0.5) is 0 Å². The molecule has 0 bridgehead atoms. The molecule has 0 radical (unpaired) electrons. The van der Waals surface area contributed by atoms with E-state index in [4.69, 9.17) is 4.74 Å². The van der Waals surface area contributed by atoms with Gasteiger partial charge in [0.25, 0.3) is 11.7 Å². The maximum atomic E-state index is 13.2. The van der Waals surface area contributed by atoms with E-state index in [1.54, 1.807) is 17.0 Å². The highest BCUT2D eigenvalue weighted by Gasteiger charge is 2.45. The number of benzene rings is 2. The van der Waals surface area contributed by atoms with Crippen LogP contribution in [0.2, 0.25) is 0 Å². The number of carbonyl (C=O) groups excluding carboxylic acids is 2. The van der Waals surface area contributed by atoms with E-state index in [0.717, 1.165) is 49.1 Å². The van der Waals surface area contributed by atoms with Crippen LogP contribution in [0.3, 0.4) is 0 Å². The Labute approximate surface area is 209 Å². The second kappa shape index (κ2) is 12.0. The van der Waals surface area contributed by atoms with Gasteiger partial charge in [0.05, 0.1) is 18.2 Å². The van der Waals surface area contributed by atoms with Gasteiger partial charge in [-0.25, -0.2) is 0 Å². The van der Waals surface area contributed by atoms with Gasteiger partial charge in [0.1, 0.15) is 11.5 Å². The zero-order valence-corrected chi connectivity index (χ0v) is 21.6. The Kier molecular flexibility index (Phi) is 9.10. The van der Waals surface area contributed by atoms with Gasteiger partial charge < -0.3 is 19.6 Å². The smallest absolute Gasteiger partial charge is 0.295 e. The summed E-state index contributed by atoms with van der Waals surface area (Å²) in [6.45, 7) is 7.93. The van der Waals surface area contributed by atoms with Gasteiger partial charge in [0, 0.05) is 12.1 Å². The zero-order chi connectivity index (χ0) is 25.5. The fraction of sp³-hybridized carbons (Fsp3) is 0.448. The lowest BCUT2D eigenvalue weighted by atomic mass is 9.93. The van der Waals surface area contributed by atoms with Gasteiger partial charge in [-0.3, -0.25) is 9.59 Å². The van der Waals surface area contributed by atoms with E-state index in [0.29, 0.717) is 18.7 Å². The number of rotatable bonds is 11. The molecule has 1 aliphatic rings. The predicted molar refractivity (Wildman–Crippen MR) is 140 cm³/mol. The Morgan fingerprint density at radius 2 is 1.77 bits per heavy atom. The van der Waals surface area contributed by atoms with Crippen molar-refractivity contribution in [3.63, 3.8) is 0 Å². The van der Waals surface area contributed by atoms with E-state index < -0.39 is 17.7 Å². The van der Waals surface area contributed by atoms with E-state index >= 15 is 0 Å². The first-order chi connectivity index (χ1) is 16.8. The Morgan fingerprint density at radius 3 is 2.37 bits per heavy atom. The van der Waals surface area contributed by atoms with Crippen molar-refractivity contribution in [2.45, 2.75) is 52.5 Å². The molecular formula is C29H38N2O4. The van der Waals surface area contributed by atoms with Crippen molar-refractivity contribution in [2.75, 3.05) is 33.8 Å². The average Bonchev–Trinajstić information content (AvgIpc) is 3.09. The number of unbranched alkanes of at least 4 members (excludes halogenated alkanes) is 1. The molecule has 6 nitrogen and oxygen atoms in total. The third-order valence-electron chi connectivity index (χ3n) is 6.47. The number of ether oxygens (including phenoxy) is 1. The SMILES string of the molecule is CCCCOc1ccc(/C(O)=C2\C(=O)C(=O)N(CCCN(C)C)[C@H]2c2ccc(CC)cc2)c(C)c1. The third kappa shape index (κ3) is 6.12. The highest BCUT2D eigenvalue weighted by molar-refractivity contribution is 6.46. The molecule has 1 amide bonds. The summed E-state index contributed by atoms with van der Waals surface area (Å²) in [7, 11) is 3.96. The van der Waals surface area contributed by atoms with Crippen LogP contribution >= 0.6 is 0 Å². The minimum atomic E-state index is -0.639. The maximum absolute atomic E-state index is 13.2. The summed E-state index contributed by atoms with van der Waals surface area (Å²) >= 11 is 0. The number of hydrogen-bond donors (Lipinski definition) is 1. The first kappa shape index (κ1) is 26.5. The molecular weight excluding hydrogens is 440 g/mol. The first-order valence-corrected chi connectivity index (χ1v) is 12.5. The molecule has 2 aromatic rings. The summed E-state index contributed by atoms with van der Waals surface area (Å²) in [6, 6.07) is 12.8. The van der Waals surface area contributed by atoms with Crippen LogP contribution in [-0.4, -0.2) is 60.4 Å². The van der Waals surface area contributed by atoms with E-state index in [1.165, 1.54) is 5.56 Å². The monoisotopic (exact) mass is 478 g/mol. The number of aliphatic hydroxyl groups excluding tert-OH is 1. The normalized spacial score (nSPS) is 17.4. The predicted octanol–water partition coefficient (Wildman–Crippen LogP) is 5.11. The Hall–Kier alpha value is -3.12. The third-order valence-corrected chi connectivity index (χ3v) is 6.47. The highest BCUT2D eigenvalue weighted by Crippen LogP contribution is 2.40. The average molecular weight is 479 g/mol. The summed E-state index contributed by atoms with van der Waals surface area (Å²) in [5.74, 6) is -0.615. The number of hydrogen-bond acceptors (Lipinski definition) is 5. The van der Waals surface area contributed by atoms with Crippen LogP contribution in [0.15, 0.2) is 48.0 Å². The number of amides is 1. The molecule has 188 valence electrons. The molecule has 0 spiro atoms. The van der Waals surface area contributed by atoms with Crippen LogP contribution < -0.4 is 4.74 Å². The lowest BCUT2D eigenvalue weighted by Gasteiger charge is -2.26. The molecule has 1 fully saturated rings. The zero-order valence-electron chi connectivity index (χ0n) is 21.6. The molecule has 6 heteroatoms. The standard InChI is InChI=1S/C29H38N2O4/c1-6-8-18-35-23-14-15-24(20(3)19-23)27(32)25-26(22-12-10-21(7-2)11-13-22)31(29(34)28(25)33)17-9-16-30(4)5/h10-15,19,26,32H,6-9,16-18H2,1-5H3/b27-25+/t26-/m0/s1. The number of aryl methyl sites for hydroxylation is 2. The van der Waals surface area contributed by atoms with Crippen LogP contribution in [0.1, 0.15) is 61.4 Å². The molecule has 0 saturated carbocycles. The molecule has 1 heterocycles. The number of carbonyl (C=O) groups is 2. The van der Waals surface area contributed by atoms with Crippen LogP contribution in [0, 0.1) is 6.92 Å². The Morgan fingerprint density at radius 1 is 1.06 bits per heavy atom. The summed E-state index contributed by atoms with van der Waals surface area (Å²) < 4.78 is 5.79. The number of aliphatic hydroxyl groups is 1. The van der Waals surface area contributed by atoms with Gasteiger partial charge in [-0.2, -0.15) is 0 Å². The molecule has 0 aliphatic carbocycles. The summed E-state index contributed by atoms with van der Waals surface area (Å²) in [5, 5.41) is 11.4. The molecule has 1 aliphatic heterocycles. The van der Waals surface area contributed by atoms with Gasteiger partial charge in [0.2, 0.25) is 0 Å². The van der Waals surface area contributed by atoms with Crippen molar-refractivity contribution >= 4 is 17.4 Å².